The summed E-state index contributed by atoms with van der Waals surface area (Å²) in [4.78, 5) is 0. The molecular formula is C115HN. The maximum atomic E-state index is 8.23. The number of rotatable bonds is 0. The summed E-state index contributed by atoms with van der Waals surface area (Å²) in [5, 5.41) is 8.23. The number of nitrogens with zero attached hydrogens (tertiary/aromatic N) is 1. The molecule has 0 aromatic heterocycles. The van der Waals surface area contributed by atoms with E-state index in [9.17, 15) is 0 Å². The van der Waals surface area contributed by atoms with E-state index < -0.39 is 0 Å². The Morgan fingerprint density at radius 3 is 0.155 bits per heavy atom. The molecule has 116 heavy (non-hydrogen) atoms. The molecule has 0 N–H and O–H groups in total. The maximum Gasteiger partial charge on any atom is 0.153 e. The molecular weight excluding hydrogens is 1400 g/mol. The Morgan fingerprint density at radius 2 is 0.112 bits per heavy atom. The second kappa shape index (κ2) is 89.4. The van der Waals surface area contributed by atoms with Gasteiger partial charge >= 0.3 is 0 Å². The van der Waals surface area contributed by atoms with Gasteiger partial charge < -0.3 is 0 Å². The van der Waals surface area contributed by atoms with Crippen molar-refractivity contribution in [3.63, 3.8) is 0 Å². The minimum atomic E-state index is 1.62. The highest BCUT2D eigenvalue weighted by Gasteiger charge is 1.69. The van der Waals surface area contributed by atoms with Crippen LogP contribution in [0.2, 0.25) is 0 Å². The van der Waals surface area contributed by atoms with Crippen LogP contribution in [-0.4, -0.2) is 0 Å². The van der Waals surface area contributed by atoms with E-state index in [1.807, 2.05) is 0 Å². The minimum absolute atomic E-state index is 1.62. The predicted octanol–water partition coefficient (Wildman–Crippen LogP) is 0.334. The van der Waals surface area contributed by atoms with E-state index in [0.29, 0.717) is 0 Å². The molecule has 0 heterocycles. The molecule has 0 rings (SSSR count). The zero-order valence-corrected chi connectivity index (χ0v) is 58.0. The molecule has 0 unspecified atom stereocenters. The summed E-state index contributed by atoms with van der Waals surface area (Å²) in [6, 6.07) is 1.62. The van der Waals surface area contributed by atoms with Crippen molar-refractivity contribution >= 4 is 0 Å². The normalized spacial score (nSPS) is 3.95. The fraction of sp³-hybridized carbons (Fsp3) is 0. The lowest BCUT2D eigenvalue weighted by Gasteiger charge is -1.58. The zero-order valence-electron chi connectivity index (χ0n) is 58.0. The maximum absolute atomic E-state index is 8.23. The third-order valence-corrected chi connectivity index (χ3v) is 7.07. The van der Waals surface area contributed by atoms with E-state index >= 15 is 0 Å². The Labute approximate surface area is 682 Å². The summed E-state index contributed by atoms with van der Waals surface area (Å²) in [6.07, 6.45) is 4.95. The van der Waals surface area contributed by atoms with Crippen molar-refractivity contribution in [3.05, 3.63) is 0 Å². The molecule has 0 bridgehead atoms. The van der Waals surface area contributed by atoms with Crippen LogP contribution in [0.3, 0.4) is 0 Å². The molecule has 0 fully saturated rings. The van der Waals surface area contributed by atoms with Gasteiger partial charge in [0, 0.05) is 622 Å². The first-order chi connectivity index (χ1) is 57.9. The Bertz CT molecular complexity index is 7780. The number of terminal acetylenes is 1. The molecule has 0 aliphatic heterocycles. The summed E-state index contributed by atoms with van der Waals surface area (Å²) in [5.74, 6) is 280. The highest BCUT2D eigenvalue weighted by Crippen LogP contribution is 1.69. The van der Waals surface area contributed by atoms with Gasteiger partial charge in [-0.2, -0.15) is 5.26 Å². The van der Waals surface area contributed by atoms with E-state index in [4.69, 9.17) is 11.7 Å². The molecule has 0 aromatic rings. The standard InChI is InChI=1S/C115HN/c1-2-3-4-5-6-7-8-9-10-11-12-13-14-15-16-17-18-19-20-21-22-23-24-25-26-27-28-29-30-31-32-33-34-35-36-37-38-39-40-41-42-43-44-45-46-47-48-49-50-51-52-53-54-55-56-57-58-59-60-61-62-63-64-65-66-67-68-69-70-71-72-73-74-75-76-77-78-79-80-81-82-83-84-85-86-87-88-89-90-91-92-93-94-95-96-97-98-99-100-101-102-103-104-105-106-107-108-109-110-111-112-113-114-115-116/h1H. The lowest BCUT2D eigenvalue weighted by Crippen LogP contribution is -1.57. The summed E-state index contributed by atoms with van der Waals surface area (Å²) in [7, 11) is 0. The van der Waals surface area contributed by atoms with Crippen molar-refractivity contribution in [2.75, 3.05) is 0 Å². The highest BCUT2D eigenvalue weighted by molar-refractivity contribution is 5.57. The van der Waals surface area contributed by atoms with Crippen LogP contribution < -0.4 is 0 Å². The van der Waals surface area contributed by atoms with Crippen molar-refractivity contribution in [1.82, 2.24) is 0 Å². The van der Waals surface area contributed by atoms with Crippen LogP contribution in [0.4, 0.5) is 0 Å². The average molecular weight is 1400 g/mol. The van der Waals surface area contributed by atoms with Crippen LogP contribution in [-0.2, 0) is 0 Å². The van der Waals surface area contributed by atoms with Gasteiger partial charge in [-0.05, 0) is 47.4 Å². The molecule has 0 saturated heterocycles. The van der Waals surface area contributed by atoms with Gasteiger partial charge in [-0.15, -0.1) is 6.42 Å². The molecule has 0 spiro atoms. The molecule has 1 nitrogen and oxygen atoms in total. The number of nitriles is 1. The van der Waals surface area contributed by atoms with Crippen molar-refractivity contribution < 1.29 is 0 Å². The molecule has 0 saturated carbocycles. The molecule has 0 amide bonds. The lowest BCUT2D eigenvalue weighted by molar-refractivity contribution is 1.55. The summed E-state index contributed by atoms with van der Waals surface area (Å²) < 4.78 is 0. The van der Waals surface area contributed by atoms with Gasteiger partial charge in [-0.3, -0.25) is 0 Å². The molecule has 0 aromatic carbocycles. The molecule has 0 aliphatic rings. The Balaban J connectivity index is 4.65. The quantitative estimate of drug-likeness (QED) is 0.322. The molecule has 0 radical (unpaired) electrons. The van der Waals surface area contributed by atoms with Crippen LogP contribution in [0, 0.1) is 687 Å². The fourth-order valence-electron chi connectivity index (χ4n) is 3.50. The Hall–Kier alpha value is -25.6. The van der Waals surface area contributed by atoms with E-state index in [0.717, 1.165) is 0 Å². The van der Waals surface area contributed by atoms with E-state index in [-0.39, 0.29) is 0 Å². The zero-order chi connectivity index (χ0) is 82.6. The Morgan fingerprint density at radius 1 is 0.0690 bits per heavy atom. The average Bonchev–Trinajstić information content (AvgIpc) is 1.67. The molecule has 0 aliphatic carbocycles. The van der Waals surface area contributed by atoms with Gasteiger partial charge in [0.2, 0.25) is 0 Å². The van der Waals surface area contributed by atoms with Crippen molar-refractivity contribution in [2.45, 2.75) is 0 Å². The number of hydrogen-bond donors (Lipinski definition) is 0. The topological polar surface area (TPSA) is 23.8 Å². The first kappa shape index (κ1) is 90.4. The van der Waals surface area contributed by atoms with Gasteiger partial charge in [0.25, 0.3) is 0 Å². The molecule has 0 atom stereocenters. The van der Waals surface area contributed by atoms with E-state index in [1.54, 1.807) is 6.07 Å². The monoisotopic (exact) mass is 1400 g/mol. The van der Waals surface area contributed by atoms with Gasteiger partial charge in [-0.25, -0.2) is 0 Å². The largest absolute Gasteiger partial charge is 0.183 e. The first-order valence-corrected chi connectivity index (χ1v) is 28.8. The summed E-state index contributed by atoms with van der Waals surface area (Å²) >= 11 is 0. The lowest BCUT2D eigenvalue weighted by atomic mass is 10.4. The minimum Gasteiger partial charge on any atom is -0.183 e. The second-order valence-electron chi connectivity index (χ2n) is 14.3. The van der Waals surface area contributed by atoms with Gasteiger partial charge in [0.05, 0.1) is 0 Å². The van der Waals surface area contributed by atoms with Crippen LogP contribution in [0.25, 0.3) is 0 Å². The second-order valence-corrected chi connectivity index (χ2v) is 14.3. The summed E-state index contributed by atoms with van der Waals surface area (Å²) in [6.45, 7) is 0. The SMILES string of the molecule is C#CC#CC#CC#CC#CC#CC#CC#CC#CC#CC#CC#CC#CC#CC#CC#CC#CC#CC#CC#CC#CC#CC#CC#CC#CC#CC#CC#CC#CC#CC#CC#CC#CC#CC#CC#CC#CC#CC#CC#CC#CC#CC#CC#CC#CC#CC#CC#CC#CC#CC#CC#CC#CC#CC#CC#CC#CC#N. The van der Waals surface area contributed by atoms with Crippen molar-refractivity contribution in [3.8, 4) is 682 Å². The van der Waals surface area contributed by atoms with Crippen LogP contribution in [0.15, 0.2) is 0 Å². The van der Waals surface area contributed by atoms with E-state index in [2.05, 4.69) is 669 Å². The predicted molar refractivity (Wildman–Crippen MR) is 450 cm³/mol. The highest BCUT2D eigenvalue weighted by atomic mass is 14.2. The first-order valence-electron chi connectivity index (χ1n) is 28.8. The third-order valence-electron chi connectivity index (χ3n) is 7.07. The van der Waals surface area contributed by atoms with Gasteiger partial charge in [-0.1, -0.05) is 0 Å². The van der Waals surface area contributed by atoms with Crippen molar-refractivity contribution in [2.24, 2.45) is 0 Å². The van der Waals surface area contributed by atoms with Crippen molar-refractivity contribution in [1.29, 1.82) is 5.26 Å². The van der Waals surface area contributed by atoms with E-state index in [1.165, 1.54) is 0 Å². The smallest absolute Gasteiger partial charge is 0.153 e. The van der Waals surface area contributed by atoms with Crippen LogP contribution >= 0.6 is 0 Å². The summed E-state index contributed by atoms with van der Waals surface area (Å²) in [5.41, 5.74) is 0. The number of hydrogen-bond acceptors (Lipinski definition) is 1. The fourth-order valence-corrected chi connectivity index (χ4v) is 3.50. The molecule has 1 heteroatoms. The Kier molecular flexibility index (Phi) is 69.7. The third kappa shape index (κ3) is 88.4. The van der Waals surface area contributed by atoms with Gasteiger partial charge in [0.1, 0.15) is 0 Å². The van der Waals surface area contributed by atoms with Crippen LogP contribution in [0.1, 0.15) is 0 Å². The van der Waals surface area contributed by atoms with Crippen LogP contribution in [0.5, 0.6) is 0 Å². The van der Waals surface area contributed by atoms with Gasteiger partial charge in [0.15, 0.2) is 6.07 Å². The molecule has 466 valence electrons.